The predicted molar refractivity (Wildman–Crippen MR) is 80.9 cm³/mol. The van der Waals surface area contributed by atoms with Gasteiger partial charge in [0.2, 0.25) is 0 Å². The number of hydrogen-bond donors (Lipinski definition) is 0. The molecule has 0 heterocycles. The molecule has 3 atom stereocenters. The van der Waals surface area contributed by atoms with Gasteiger partial charge in [0, 0.05) is 4.83 Å². The second-order valence-electron chi connectivity index (χ2n) is 5.67. The van der Waals surface area contributed by atoms with Crippen LogP contribution in [0.25, 0.3) is 0 Å². The molecule has 1 nitrogen and oxygen atoms in total. The Balaban J connectivity index is 2.08. The molecule has 0 radical (unpaired) electrons. The first kappa shape index (κ1) is 16.7. The van der Waals surface area contributed by atoms with Gasteiger partial charge >= 0.3 is 6.18 Å². The number of hydrogen-bond acceptors (Lipinski definition) is 1. The van der Waals surface area contributed by atoms with Gasteiger partial charge in [-0.3, -0.25) is 0 Å². The van der Waals surface area contributed by atoms with Crippen LogP contribution >= 0.6 is 15.9 Å². The predicted octanol–water partition coefficient (Wildman–Crippen LogP) is 5.37. The Bertz CT molecular complexity index is 461. The SMILES string of the molecule is COc1cccc(CC(Br)C2CCCCC2C(F)(F)F)c1. The van der Waals surface area contributed by atoms with Gasteiger partial charge in [-0.1, -0.05) is 40.9 Å². The van der Waals surface area contributed by atoms with E-state index in [4.69, 9.17) is 4.74 Å². The highest BCUT2D eigenvalue weighted by Gasteiger charge is 2.47. The minimum atomic E-state index is -4.09. The van der Waals surface area contributed by atoms with Crippen LogP contribution in [-0.4, -0.2) is 18.1 Å². The number of methoxy groups -OCH3 is 1. The average Bonchev–Trinajstić information content (AvgIpc) is 2.46. The quantitative estimate of drug-likeness (QED) is 0.652. The van der Waals surface area contributed by atoms with Gasteiger partial charge in [-0.2, -0.15) is 13.2 Å². The lowest BCUT2D eigenvalue weighted by Crippen LogP contribution is -2.38. The van der Waals surface area contributed by atoms with Crippen LogP contribution in [0.1, 0.15) is 31.2 Å². The molecule has 0 spiro atoms. The van der Waals surface area contributed by atoms with Crippen molar-refractivity contribution in [3.05, 3.63) is 29.8 Å². The summed E-state index contributed by atoms with van der Waals surface area (Å²) in [5.41, 5.74) is 1.00. The van der Waals surface area contributed by atoms with Crippen molar-refractivity contribution >= 4 is 15.9 Å². The lowest BCUT2D eigenvalue weighted by atomic mass is 9.76. The van der Waals surface area contributed by atoms with Gasteiger partial charge in [-0.15, -0.1) is 0 Å². The molecule has 118 valence electrons. The van der Waals surface area contributed by atoms with E-state index in [0.29, 0.717) is 19.3 Å². The number of ether oxygens (including phenoxy) is 1. The van der Waals surface area contributed by atoms with Crippen molar-refractivity contribution in [2.24, 2.45) is 11.8 Å². The molecule has 0 N–H and O–H groups in total. The van der Waals surface area contributed by atoms with Crippen LogP contribution in [0.5, 0.6) is 5.75 Å². The normalized spacial score (nSPS) is 24.6. The highest BCUT2D eigenvalue weighted by atomic mass is 79.9. The average molecular weight is 365 g/mol. The Hall–Kier alpha value is -0.710. The monoisotopic (exact) mass is 364 g/mol. The summed E-state index contributed by atoms with van der Waals surface area (Å²) in [6, 6.07) is 7.53. The first-order valence-electron chi connectivity index (χ1n) is 7.25. The molecule has 1 saturated carbocycles. The molecule has 0 saturated heterocycles. The van der Waals surface area contributed by atoms with Crippen molar-refractivity contribution in [3.63, 3.8) is 0 Å². The Morgan fingerprint density at radius 1 is 1.29 bits per heavy atom. The Morgan fingerprint density at radius 3 is 2.67 bits per heavy atom. The second-order valence-corrected chi connectivity index (χ2v) is 6.84. The molecular weight excluding hydrogens is 345 g/mol. The van der Waals surface area contributed by atoms with Crippen LogP contribution in [0.4, 0.5) is 13.2 Å². The van der Waals surface area contributed by atoms with Crippen LogP contribution in [0.2, 0.25) is 0 Å². The van der Waals surface area contributed by atoms with Gasteiger partial charge in [0.15, 0.2) is 0 Å². The highest BCUT2D eigenvalue weighted by Crippen LogP contribution is 2.45. The Kier molecular flexibility index (Phi) is 5.58. The minimum Gasteiger partial charge on any atom is -0.497 e. The topological polar surface area (TPSA) is 9.23 Å². The summed E-state index contributed by atoms with van der Waals surface area (Å²) in [6.07, 6.45) is -1.03. The summed E-state index contributed by atoms with van der Waals surface area (Å²) in [7, 11) is 1.59. The molecule has 1 aliphatic rings. The zero-order chi connectivity index (χ0) is 15.5. The van der Waals surface area contributed by atoms with Crippen LogP contribution in [0, 0.1) is 11.8 Å². The maximum Gasteiger partial charge on any atom is 0.392 e. The first-order chi connectivity index (χ1) is 9.91. The lowest BCUT2D eigenvalue weighted by Gasteiger charge is -2.36. The van der Waals surface area contributed by atoms with E-state index < -0.39 is 12.1 Å². The molecule has 0 aliphatic heterocycles. The molecule has 1 aromatic carbocycles. The maximum absolute atomic E-state index is 13.2. The second kappa shape index (κ2) is 7.03. The third kappa shape index (κ3) is 4.38. The zero-order valence-corrected chi connectivity index (χ0v) is 13.6. The van der Waals surface area contributed by atoms with E-state index in [-0.39, 0.29) is 17.2 Å². The number of alkyl halides is 4. The van der Waals surface area contributed by atoms with Gasteiger partial charge in [-0.05, 0) is 42.9 Å². The molecule has 21 heavy (non-hydrogen) atoms. The van der Waals surface area contributed by atoms with Gasteiger partial charge in [0.1, 0.15) is 5.75 Å². The minimum absolute atomic E-state index is 0.156. The van der Waals surface area contributed by atoms with Crippen molar-refractivity contribution in [2.45, 2.75) is 43.1 Å². The molecular formula is C16H20BrF3O. The molecule has 5 heteroatoms. The number of halogens is 4. The smallest absolute Gasteiger partial charge is 0.392 e. The number of rotatable bonds is 4. The van der Waals surface area contributed by atoms with E-state index in [1.165, 1.54) is 0 Å². The maximum atomic E-state index is 13.2. The fourth-order valence-electron chi connectivity index (χ4n) is 3.17. The summed E-state index contributed by atoms with van der Waals surface area (Å²) in [5.74, 6) is -0.783. The van der Waals surface area contributed by atoms with E-state index in [1.54, 1.807) is 7.11 Å². The lowest BCUT2D eigenvalue weighted by molar-refractivity contribution is -0.196. The zero-order valence-electron chi connectivity index (χ0n) is 12.0. The summed E-state index contributed by atoms with van der Waals surface area (Å²) >= 11 is 3.51. The van der Waals surface area contributed by atoms with Crippen molar-refractivity contribution < 1.29 is 17.9 Å². The van der Waals surface area contributed by atoms with E-state index in [9.17, 15) is 13.2 Å². The molecule has 3 unspecified atom stereocenters. The molecule has 0 aromatic heterocycles. The van der Waals surface area contributed by atoms with Crippen molar-refractivity contribution in [3.8, 4) is 5.75 Å². The van der Waals surface area contributed by atoms with Gasteiger partial charge in [0.05, 0.1) is 13.0 Å². The summed E-state index contributed by atoms with van der Waals surface area (Å²) in [5, 5.41) is 0. The van der Waals surface area contributed by atoms with Crippen LogP contribution < -0.4 is 4.74 Å². The third-order valence-corrected chi connectivity index (χ3v) is 5.27. The Morgan fingerprint density at radius 2 is 2.00 bits per heavy atom. The van der Waals surface area contributed by atoms with Crippen LogP contribution in [0.15, 0.2) is 24.3 Å². The molecule has 1 fully saturated rings. The van der Waals surface area contributed by atoms with Gasteiger partial charge in [0.25, 0.3) is 0 Å². The van der Waals surface area contributed by atoms with Crippen LogP contribution in [0.3, 0.4) is 0 Å². The molecule has 0 bridgehead atoms. The van der Waals surface area contributed by atoms with E-state index in [0.717, 1.165) is 17.7 Å². The fourth-order valence-corrected chi connectivity index (χ4v) is 4.18. The third-order valence-electron chi connectivity index (χ3n) is 4.27. The van der Waals surface area contributed by atoms with Gasteiger partial charge < -0.3 is 4.74 Å². The van der Waals surface area contributed by atoms with Crippen molar-refractivity contribution in [1.82, 2.24) is 0 Å². The molecule has 2 rings (SSSR count). The molecule has 1 aliphatic carbocycles. The first-order valence-corrected chi connectivity index (χ1v) is 8.17. The summed E-state index contributed by atoms with van der Waals surface area (Å²) < 4.78 is 44.7. The molecule has 1 aromatic rings. The van der Waals surface area contributed by atoms with Crippen molar-refractivity contribution in [1.29, 1.82) is 0 Å². The summed E-state index contributed by atoms with van der Waals surface area (Å²) in [6.45, 7) is 0. The van der Waals surface area contributed by atoms with Crippen molar-refractivity contribution in [2.75, 3.05) is 7.11 Å². The van der Waals surface area contributed by atoms with E-state index in [2.05, 4.69) is 15.9 Å². The highest BCUT2D eigenvalue weighted by molar-refractivity contribution is 9.09. The standard InChI is InChI=1S/C16H20BrF3O/c1-21-12-6-4-5-11(9-12)10-15(17)13-7-2-3-8-14(13)16(18,19)20/h4-6,9,13-15H,2-3,7-8,10H2,1H3. The largest absolute Gasteiger partial charge is 0.497 e. The van der Waals surface area contributed by atoms with Gasteiger partial charge in [-0.25, -0.2) is 0 Å². The van der Waals surface area contributed by atoms with E-state index >= 15 is 0 Å². The fraction of sp³-hybridized carbons (Fsp3) is 0.625. The van der Waals surface area contributed by atoms with Crippen LogP contribution in [-0.2, 0) is 6.42 Å². The van der Waals surface area contributed by atoms with E-state index in [1.807, 2.05) is 24.3 Å². The molecule has 0 amide bonds. The summed E-state index contributed by atoms with van der Waals surface area (Å²) in [4.78, 5) is -0.156. The Labute approximate surface area is 132 Å². The number of benzene rings is 1.